The van der Waals surface area contributed by atoms with Crippen molar-refractivity contribution in [2.75, 3.05) is 6.54 Å². The van der Waals surface area contributed by atoms with Crippen LogP contribution in [0.1, 0.15) is 53.0 Å². The summed E-state index contributed by atoms with van der Waals surface area (Å²) in [6.45, 7) is 9.28. The van der Waals surface area contributed by atoms with Crippen LogP contribution in [0.4, 0.5) is 0 Å². The zero-order chi connectivity index (χ0) is 23.6. The van der Waals surface area contributed by atoms with E-state index in [1.165, 1.54) is 0 Å². The third kappa shape index (κ3) is 9.02. The van der Waals surface area contributed by atoms with Gasteiger partial charge in [-0.2, -0.15) is 0 Å². The van der Waals surface area contributed by atoms with E-state index in [1.54, 1.807) is 32.9 Å². The van der Waals surface area contributed by atoms with Crippen LogP contribution in [0.2, 0.25) is 0 Å². The lowest BCUT2D eigenvalue weighted by Crippen LogP contribution is -2.47. The van der Waals surface area contributed by atoms with Gasteiger partial charge in [-0.15, -0.1) is 0 Å². The van der Waals surface area contributed by atoms with Crippen LogP contribution in [-0.4, -0.2) is 29.8 Å². The molecule has 0 aliphatic carbocycles. The summed E-state index contributed by atoms with van der Waals surface area (Å²) in [7, 11) is 0. The second kappa shape index (κ2) is 12.4. The Bertz CT molecular complexity index is 754. The second-order valence-electron chi connectivity index (χ2n) is 9.10. The Morgan fingerprint density at radius 2 is 1.74 bits per heavy atom. The number of amides is 1. The average Bonchev–Trinajstić information content (AvgIpc) is 2.68. The molecule has 1 aromatic carbocycles. The zero-order valence-corrected chi connectivity index (χ0v) is 19.3. The average molecular weight is 432 g/mol. The molecule has 7 nitrogen and oxygen atoms in total. The first-order chi connectivity index (χ1) is 14.5. The molecule has 5 N–H and O–H groups in total. The molecular formula is C24H37N3O4. The number of nitrogens with two attached hydrogens (primary N) is 2. The maximum absolute atomic E-state index is 13.3. The minimum atomic E-state index is -1.02. The molecule has 0 bridgehead atoms. The van der Waals surface area contributed by atoms with Gasteiger partial charge in [-0.25, -0.2) is 5.84 Å². The zero-order valence-electron chi connectivity index (χ0n) is 19.3. The van der Waals surface area contributed by atoms with Crippen molar-refractivity contribution in [3.05, 3.63) is 42.0 Å². The van der Waals surface area contributed by atoms with E-state index < -0.39 is 35.2 Å². The number of ketones is 1. The largest absolute Gasteiger partial charge is 0.460 e. The van der Waals surface area contributed by atoms with Gasteiger partial charge in [0.25, 0.3) is 0 Å². The molecule has 7 heteroatoms. The van der Waals surface area contributed by atoms with Gasteiger partial charge in [-0.05, 0) is 45.2 Å². The maximum Gasteiger partial charge on any atom is 0.311 e. The van der Waals surface area contributed by atoms with Crippen LogP contribution in [0.15, 0.2) is 36.4 Å². The number of rotatable bonds is 11. The summed E-state index contributed by atoms with van der Waals surface area (Å²) in [4.78, 5) is 39.1. The number of Topliss-reactive ketones (excluding diaryl/α,β-unsaturated/α-hetero) is 1. The molecule has 0 aliphatic heterocycles. The molecule has 1 rings (SSSR count). The van der Waals surface area contributed by atoms with Gasteiger partial charge in [0.2, 0.25) is 5.91 Å². The Kier molecular flexibility index (Phi) is 10.6. The fraction of sp³-hybridized carbons (Fsp3) is 0.542. The molecule has 1 unspecified atom stereocenters. The van der Waals surface area contributed by atoms with E-state index in [-0.39, 0.29) is 24.7 Å². The van der Waals surface area contributed by atoms with Gasteiger partial charge in [0.1, 0.15) is 11.4 Å². The third-order valence-electron chi connectivity index (χ3n) is 4.76. The van der Waals surface area contributed by atoms with Gasteiger partial charge in [-0.1, -0.05) is 56.3 Å². The number of carbonyl (C=O) groups is 3. The summed E-state index contributed by atoms with van der Waals surface area (Å²) in [5.74, 6) is 1.49. The van der Waals surface area contributed by atoms with Crippen molar-refractivity contribution in [2.45, 2.75) is 53.1 Å². The molecule has 0 heterocycles. The Morgan fingerprint density at radius 1 is 1.13 bits per heavy atom. The van der Waals surface area contributed by atoms with E-state index in [0.717, 1.165) is 5.56 Å². The van der Waals surface area contributed by atoms with E-state index in [2.05, 4.69) is 5.43 Å². The van der Waals surface area contributed by atoms with Crippen molar-refractivity contribution in [1.82, 2.24) is 5.43 Å². The van der Waals surface area contributed by atoms with Crippen LogP contribution in [0.5, 0.6) is 0 Å². The monoisotopic (exact) mass is 431 g/mol. The Hall–Kier alpha value is -2.51. The summed E-state index contributed by atoms with van der Waals surface area (Å²) >= 11 is 0. The molecule has 0 spiro atoms. The van der Waals surface area contributed by atoms with Crippen LogP contribution < -0.4 is 17.0 Å². The highest BCUT2D eigenvalue weighted by molar-refractivity contribution is 5.93. The van der Waals surface area contributed by atoms with E-state index in [4.69, 9.17) is 16.3 Å². The van der Waals surface area contributed by atoms with Gasteiger partial charge in [0, 0.05) is 6.42 Å². The van der Waals surface area contributed by atoms with Gasteiger partial charge in [0.15, 0.2) is 0 Å². The van der Waals surface area contributed by atoms with Crippen molar-refractivity contribution in [2.24, 2.45) is 35.2 Å². The SMILES string of the molecule is CC(C)C[C@@H](C(=O)NN)[C@@H](C(=O)OC(C)(C)C)C(/C=C/c1ccccc1)C(=O)CCN. The van der Waals surface area contributed by atoms with Crippen molar-refractivity contribution in [3.8, 4) is 0 Å². The summed E-state index contributed by atoms with van der Waals surface area (Å²) in [6, 6.07) is 9.43. The fourth-order valence-corrected chi connectivity index (χ4v) is 3.48. The Labute approximate surface area is 185 Å². The maximum atomic E-state index is 13.3. The number of nitrogens with one attached hydrogen (secondary N) is 1. The first-order valence-corrected chi connectivity index (χ1v) is 10.7. The third-order valence-corrected chi connectivity index (χ3v) is 4.76. The molecule has 0 aliphatic rings. The molecular weight excluding hydrogens is 394 g/mol. The standard InChI is InChI=1S/C24H37N3O4/c1-16(2)15-19(22(29)27-26)21(23(30)31-24(3,4)5)18(20(28)13-14-25)12-11-17-9-7-6-8-10-17/h6-12,16,18-19,21H,13-15,25-26H2,1-5H3,(H,27,29)/b12-11+/t18?,19-,21+/m1/s1. The van der Waals surface area contributed by atoms with Crippen molar-refractivity contribution < 1.29 is 19.1 Å². The fourth-order valence-electron chi connectivity index (χ4n) is 3.48. The molecule has 3 atom stereocenters. The van der Waals surface area contributed by atoms with Gasteiger partial charge >= 0.3 is 5.97 Å². The molecule has 1 aromatic rings. The minimum Gasteiger partial charge on any atom is -0.460 e. The number of carbonyl (C=O) groups excluding carboxylic acids is 3. The first-order valence-electron chi connectivity index (χ1n) is 10.7. The van der Waals surface area contributed by atoms with E-state index >= 15 is 0 Å². The molecule has 0 saturated carbocycles. The number of hydrazine groups is 1. The second-order valence-corrected chi connectivity index (χ2v) is 9.10. The predicted octanol–water partition coefficient (Wildman–Crippen LogP) is 2.84. The van der Waals surface area contributed by atoms with Crippen LogP contribution in [0.25, 0.3) is 6.08 Å². The van der Waals surface area contributed by atoms with Gasteiger partial charge in [-0.3, -0.25) is 19.8 Å². The predicted molar refractivity (Wildman–Crippen MR) is 122 cm³/mol. The van der Waals surface area contributed by atoms with E-state index in [9.17, 15) is 14.4 Å². The normalized spacial score (nSPS) is 14.8. The smallest absolute Gasteiger partial charge is 0.311 e. The molecule has 31 heavy (non-hydrogen) atoms. The number of hydrogen-bond acceptors (Lipinski definition) is 6. The lowest BCUT2D eigenvalue weighted by molar-refractivity contribution is -0.167. The van der Waals surface area contributed by atoms with Crippen LogP contribution >= 0.6 is 0 Å². The summed E-state index contributed by atoms with van der Waals surface area (Å²) in [5.41, 5.74) is 7.89. The van der Waals surface area contributed by atoms with Crippen LogP contribution in [0.3, 0.4) is 0 Å². The minimum absolute atomic E-state index is 0.0851. The highest BCUT2D eigenvalue weighted by Crippen LogP contribution is 2.33. The van der Waals surface area contributed by atoms with Crippen molar-refractivity contribution in [3.63, 3.8) is 0 Å². The summed E-state index contributed by atoms with van der Waals surface area (Å²) < 4.78 is 5.64. The molecule has 1 amide bonds. The molecule has 0 aromatic heterocycles. The lowest BCUT2D eigenvalue weighted by Gasteiger charge is -2.32. The van der Waals surface area contributed by atoms with E-state index in [0.29, 0.717) is 6.42 Å². The van der Waals surface area contributed by atoms with Crippen molar-refractivity contribution >= 4 is 23.7 Å². The highest BCUT2D eigenvalue weighted by Gasteiger charge is 2.43. The quantitative estimate of drug-likeness (QED) is 0.214. The summed E-state index contributed by atoms with van der Waals surface area (Å²) in [6.07, 6.45) is 3.92. The van der Waals surface area contributed by atoms with Crippen LogP contribution in [-0.2, 0) is 19.1 Å². The molecule has 0 radical (unpaired) electrons. The Morgan fingerprint density at radius 3 is 2.23 bits per heavy atom. The van der Waals surface area contributed by atoms with E-state index in [1.807, 2.05) is 44.2 Å². The Balaban J connectivity index is 3.52. The number of ether oxygens (including phenoxy) is 1. The number of allylic oxidation sites excluding steroid dienone is 1. The topological polar surface area (TPSA) is 125 Å². The first kappa shape index (κ1) is 26.5. The van der Waals surface area contributed by atoms with Crippen molar-refractivity contribution in [1.29, 1.82) is 0 Å². The summed E-state index contributed by atoms with van der Waals surface area (Å²) in [5, 5.41) is 0. The van der Waals surface area contributed by atoms with Gasteiger partial charge < -0.3 is 10.5 Å². The molecule has 172 valence electrons. The number of hydrogen-bond donors (Lipinski definition) is 3. The van der Waals surface area contributed by atoms with Crippen LogP contribution in [0, 0.1) is 23.7 Å². The number of esters is 1. The highest BCUT2D eigenvalue weighted by atomic mass is 16.6. The molecule has 0 saturated heterocycles. The van der Waals surface area contributed by atoms with Gasteiger partial charge in [0.05, 0.1) is 17.8 Å². The number of benzene rings is 1. The lowest BCUT2D eigenvalue weighted by atomic mass is 9.74. The molecule has 0 fully saturated rings.